The molecule has 4 N–H and O–H groups in total. The summed E-state index contributed by atoms with van der Waals surface area (Å²) in [6.07, 6.45) is 1.81. The van der Waals surface area contributed by atoms with E-state index in [-0.39, 0.29) is 11.9 Å². The summed E-state index contributed by atoms with van der Waals surface area (Å²) >= 11 is 0. The van der Waals surface area contributed by atoms with Gasteiger partial charge in [0, 0.05) is 11.3 Å². The lowest BCUT2D eigenvalue weighted by Gasteiger charge is -2.11. The van der Waals surface area contributed by atoms with Crippen LogP contribution in [0.3, 0.4) is 0 Å². The molecular formula is C14H17N3O4. The summed E-state index contributed by atoms with van der Waals surface area (Å²) in [5.41, 5.74) is 0.941. The van der Waals surface area contributed by atoms with Gasteiger partial charge in [0.05, 0.1) is 6.04 Å². The Kier molecular flexibility index (Phi) is 4.89. The van der Waals surface area contributed by atoms with Gasteiger partial charge in [0.25, 0.3) is 5.91 Å². The van der Waals surface area contributed by atoms with Gasteiger partial charge in [-0.1, -0.05) is 0 Å². The monoisotopic (exact) mass is 291 g/mol. The molecule has 1 saturated heterocycles. The number of aliphatic carboxylic acids is 1. The zero-order chi connectivity index (χ0) is 15.2. The molecule has 1 aromatic carbocycles. The van der Waals surface area contributed by atoms with E-state index in [1.54, 1.807) is 12.1 Å². The second-order valence-electron chi connectivity index (χ2n) is 4.79. The number of carbonyl (C=O) groups is 3. The third-order valence-corrected chi connectivity index (χ3v) is 3.19. The number of carbonyl (C=O) groups excluding carboxylic acids is 2. The lowest BCUT2D eigenvalue weighted by molar-refractivity contribution is -0.135. The molecule has 112 valence electrons. The first-order valence-electron chi connectivity index (χ1n) is 6.70. The Bertz CT molecular complexity index is 536. The molecule has 0 bridgehead atoms. The van der Waals surface area contributed by atoms with Crippen molar-refractivity contribution in [1.82, 2.24) is 10.6 Å². The predicted molar refractivity (Wildman–Crippen MR) is 76.1 cm³/mol. The zero-order valence-corrected chi connectivity index (χ0v) is 11.4. The van der Waals surface area contributed by atoms with Crippen LogP contribution in [0.1, 0.15) is 23.2 Å². The highest BCUT2D eigenvalue weighted by Gasteiger charge is 2.21. The molecule has 0 saturated carbocycles. The molecule has 2 amide bonds. The van der Waals surface area contributed by atoms with Crippen molar-refractivity contribution in [1.29, 1.82) is 0 Å². The second-order valence-corrected chi connectivity index (χ2v) is 4.79. The van der Waals surface area contributed by atoms with Crippen molar-refractivity contribution < 1.29 is 19.5 Å². The van der Waals surface area contributed by atoms with Crippen LogP contribution in [-0.2, 0) is 9.59 Å². The predicted octanol–water partition coefficient (Wildman–Crippen LogP) is 0.191. The minimum Gasteiger partial charge on any atom is -0.480 e. The van der Waals surface area contributed by atoms with Crippen molar-refractivity contribution >= 4 is 23.5 Å². The van der Waals surface area contributed by atoms with Crippen molar-refractivity contribution in [2.75, 3.05) is 18.4 Å². The molecule has 1 aliphatic rings. The highest BCUT2D eigenvalue weighted by molar-refractivity contribution is 5.98. The van der Waals surface area contributed by atoms with Crippen LogP contribution >= 0.6 is 0 Å². The van der Waals surface area contributed by atoms with Crippen LogP contribution < -0.4 is 16.0 Å². The summed E-state index contributed by atoms with van der Waals surface area (Å²) in [5, 5.41) is 16.6. The van der Waals surface area contributed by atoms with E-state index >= 15 is 0 Å². The van der Waals surface area contributed by atoms with Gasteiger partial charge in [0.2, 0.25) is 5.91 Å². The summed E-state index contributed by atoms with van der Waals surface area (Å²) < 4.78 is 0. The number of hydrogen-bond acceptors (Lipinski definition) is 4. The Balaban J connectivity index is 1.90. The molecule has 21 heavy (non-hydrogen) atoms. The van der Waals surface area contributed by atoms with E-state index in [0.29, 0.717) is 11.3 Å². The number of benzene rings is 1. The molecule has 0 spiro atoms. The fourth-order valence-corrected chi connectivity index (χ4v) is 2.10. The zero-order valence-electron chi connectivity index (χ0n) is 11.4. The van der Waals surface area contributed by atoms with Crippen molar-refractivity contribution in [2.24, 2.45) is 0 Å². The minimum atomic E-state index is -1.10. The summed E-state index contributed by atoms with van der Waals surface area (Å²) in [5.74, 6) is -1.65. The molecule has 7 heteroatoms. The van der Waals surface area contributed by atoms with Crippen molar-refractivity contribution in [2.45, 2.75) is 18.9 Å². The first-order chi connectivity index (χ1) is 10.1. The average Bonchev–Trinajstić information content (AvgIpc) is 3.00. The summed E-state index contributed by atoms with van der Waals surface area (Å²) in [4.78, 5) is 33.9. The van der Waals surface area contributed by atoms with Crippen LogP contribution in [0.2, 0.25) is 0 Å². The lowest BCUT2D eigenvalue weighted by Crippen LogP contribution is -2.35. The van der Waals surface area contributed by atoms with E-state index in [9.17, 15) is 14.4 Å². The highest BCUT2D eigenvalue weighted by Crippen LogP contribution is 2.12. The van der Waals surface area contributed by atoms with Gasteiger partial charge >= 0.3 is 5.97 Å². The van der Waals surface area contributed by atoms with Crippen molar-refractivity contribution in [3.05, 3.63) is 29.8 Å². The van der Waals surface area contributed by atoms with Crippen molar-refractivity contribution in [3.63, 3.8) is 0 Å². The number of nitrogens with one attached hydrogen (secondary N) is 3. The third-order valence-electron chi connectivity index (χ3n) is 3.19. The van der Waals surface area contributed by atoms with Crippen LogP contribution in [0.5, 0.6) is 0 Å². The maximum absolute atomic E-state index is 11.9. The fourth-order valence-electron chi connectivity index (χ4n) is 2.10. The average molecular weight is 291 g/mol. The molecule has 7 nitrogen and oxygen atoms in total. The first kappa shape index (κ1) is 15.0. The van der Waals surface area contributed by atoms with Gasteiger partial charge in [-0.15, -0.1) is 0 Å². The molecule has 1 heterocycles. The van der Waals surface area contributed by atoms with E-state index in [4.69, 9.17) is 5.11 Å². The molecule has 1 aliphatic heterocycles. The first-order valence-corrected chi connectivity index (χ1v) is 6.70. The lowest BCUT2D eigenvalue weighted by atomic mass is 10.1. The van der Waals surface area contributed by atoms with E-state index < -0.39 is 18.4 Å². The van der Waals surface area contributed by atoms with Crippen LogP contribution in [-0.4, -0.2) is 42.0 Å². The van der Waals surface area contributed by atoms with E-state index in [0.717, 1.165) is 19.4 Å². The molecule has 1 fully saturated rings. The SMILES string of the molecule is O=C(O)CNC(=O)c1ccc(NC(=O)C2CCCN2)cc1. The highest BCUT2D eigenvalue weighted by atomic mass is 16.4. The quantitative estimate of drug-likeness (QED) is 0.619. The molecule has 0 aromatic heterocycles. The molecule has 2 rings (SSSR count). The standard InChI is InChI=1S/C14H17N3O4/c18-12(19)8-16-13(20)9-3-5-10(6-4-9)17-14(21)11-2-1-7-15-11/h3-6,11,15H,1-2,7-8H2,(H,16,20)(H,17,21)(H,18,19). The third kappa shape index (κ3) is 4.28. The van der Waals surface area contributed by atoms with E-state index in [2.05, 4.69) is 16.0 Å². The van der Waals surface area contributed by atoms with Gasteiger partial charge in [0.1, 0.15) is 6.54 Å². The Hall–Kier alpha value is -2.41. The minimum absolute atomic E-state index is 0.0874. The largest absolute Gasteiger partial charge is 0.480 e. The van der Waals surface area contributed by atoms with Gasteiger partial charge in [-0.05, 0) is 43.7 Å². The number of rotatable bonds is 5. The number of amides is 2. The molecule has 1 aromatic rings. The van der Waals surface area contributed by atoms with E-state index in [1.165, 1.54) is 12.1 Å². The molecule has 1 atom stereocenters. The van der Waals surface area contributed by atoms with Gasteiger partial charge in [0.15, 0.2) is 0 Å². The summed E-state index contributed by atoms with van der Waals surface area (Å²) in [6, 6.07) is 6.14. The number of carboxylic acids is 1. The van der Waals surface area contributed by atoms with Gasteiger partial charge in [-0.2, -0.15) is 0 Å². The summed E-state index contributed by atoms with van der Waals surface area (Å²) in [7, 11) is 0. The maximum atomic E-state index is 11.9. The Morgan fingerprint density at radius 2 is 1.95 bits per heavy atom. The normalized spacial score (nSPS) is 17.2. The maximum Gasteiger partial charge on any atom is 0.322 e. The Morgan fingerprint density at radius 3 is 2.52 bits per heavy atom. The molecular weight excluding hydrogens is 274 g/mol. The van der Waals surface area contributed by atoms with Gasteiger partial charge in [-0.25, -0.2) is 0 Å². The van der Waals surface area contributed by atoms with E-state index in [1.807, 2.05) is 0 Å². The molecule has 0 radical (unpaired) electrons. The molecule has 1 unspecified atom stereocenters. The smallest absolute Gasteiger partial charge is 0.322 e. The number of hydrogen-bond donors (Lipinski definition) is 4. The number of carboxylic acid groups (broad SMARTS) is 1. The van der Waals surface area contributed by atoms with Crippen LogP contribution in [0, 0.1) is 0 Å². The topological polar surface area (TPSA) is 108 Å². The Labute approximate surface area is 121 Å². The van der Waals surface area contributed by atoms with Gasteiger partial charge < -0.3 is 21.1 Å². The second kappa shape index (κ2) is 6.85. The van der Waals surface area contributed by atoms with Crippen molar-refractivity contribution in [3.8, 4) is 0 Å². The Morgan fingerprint density at radius 1 is 1.24 bits per heavy atom. The van der Waals surface area contributed by atoms with Gasteiger partial charge in [-0.3, -0.25) is 14.4 Å². The van der Waals surface area contributed by atoms with Crippen LogP contribution in [0.15, 0.2) is 24.3 Å². The van der Waals surface area contributed by atoms with Crippen LogP contribution in [0.4, 0.5) is 5.69 Å². The number of anilines is 1. The summed E-state index contributed by atoms with van der Waals surface area (Å²) in [6.45, 7) is 0.422. The fraction of sp³-hybridized carbons (Fsp3) is 0.357. The molecule has 0 aliphatic carbocycles. The van der Waals surface area contributed by atoms with Crippen LogP contribution in [0.25, 0.3) is 0 Å².